The molecule has 0 saturated heterocycles. The number of benzene rings is 1. The molecule has 1 unspecified atom stereocenters. The Labute approximate surface area is 81.8 Å². The maximum absolute atomic E-state index is 9.22. The van der Waals surface area contributed by atoms with Crippen molar-refractivity contribution in [3.8, 4) is 11.5 Å². The molecule has 0 aliphatic heterocycles. The molecule has 1 atom stereocenters. The number of phenolic OH excluding ortho intramolecular Hbond substituents is 2. The molecule has 0 aromatic heterocycles. The third kappa shape index (κ3) is 2.05. The molecule has 72 valence electrons. The van der Waals surface area contributed by atoms with Crippen LogP contribution in [-0.4, -0.2) is 16.8 Å². The van der Waals surface area contributed by atoms with Gasteiger partial charge in [0, 0.05) is 11.1 Å². The Kier molecular flexibility index (Phi) is 3.01. The highest BCUT2D eigenvalue weighted by atomic mass is 35.5. The van der Waals surface area contributed by atoms with Gasteiger partial charge in [-0.05, 0) is 24.1 Å². The third-order valence-electron chi connectivity index (χ3n) is 1.98. The average Bonchev–Trinajstić information content (AvgIpc) is 2.10. The van der Waals surface area contributed by atoms with Crippen molar-refractivity contribution in [3.63, 3.8) is 0 Å². The van der Waals surface area contributed by atoms with E-state index in [2.05, 4.69) is 0 Å². The lowest BCUT2D eigenvalue weighted by Gasteiger charge is -2.11. The first-order valence-corrected chi connectivity index (χ1v) is 4.35. The van der Waals surface area contributed by atoms with E-state index in [4.69, 9.17) is 22.4 Å². The van der Waals surface area contributed by atoms with Crippen LogP contribution < -0.4 is 5.73 Å². The molecule has 1 aromatic carbocycles. The van der Waals surface area contributed by atoms with Gasteiger partial charge in [0.1, 0.15) is 0 Å². The van der Waals surface area contributed by atoms with E-state index in [-0.39, 0.29) is 17.4 Å². The molecule has 0 heterocycles. The summed E-state index contributed by atoms with van der Waals surface area (Å²) >= 11 is 5.85. The normalized spacial score (nSPS) is 12.8. The molecule has 0 bridgehead atoms. The SMILES string of the molecule is CC(CN)c1cc(O)c(O)cc1Cl. The first-order chi connectivity index (χ1) is 6.06. The van der Waals surface area contributed by atoms with Crippen LogP contribution in [-0.2, 0) is 0 Å². The minimum atomic E-state index is -0.210. The smallest absolute Gasteiger partial charge is 0.158 e. The van der Waals surface area contributed by atoms with Crippen molar-refractivity contribution in [1.29, 1.82) is 0 Å². The topological polar surface area (TPSA) is 66.5 Å². The fraction of sp³-hybridized carbons (Fsp3) is 0.333. The van der Waals surface area contributed by atoms with Crippen molar-refractivity contribution in [3.05, 3.63) is 22.7 Å². The standard InChI is InChI=1S/C9H12ClNO2/c1-5(4-11)6-2-8(12)9(13)3-7(6)10/h2-3,5,12-13H,4,11H2,1H3. The van der Waals surface area contributed by atoms with Gasteiger partial charge in [0.05, 0.1) is 0 Å². The van der Waals surface area contributed by atoms with E-state index in [0.717, 1.165) is 5.56 Å². The Bertz CT molecular complexity index is 315. The minimum absolute atomic E-state index is 0.0685. The quantitative estimate of drug-likeness (QED) is 0.640. The predicted molar refractivity (Wildman–Crippen MR) is 52.3 cm³/mol. The lowest BCUT2D eigenvalue weighted by molar-refractivity contribution is 0.403. The molecule has 0 spiro atoms. The fourth-order valence-electron chi connectivity index (χ4n) is 1.07. The van der Waals surface area contributed by atoms with Gasteiger partial charge in [-0.2, -0.15) is 0 Å². The number of phenols is 2. The molecule has 0 amide bonds. The maximum Gasteiger partial charge on any atom is 0.158 e. The van der Waals surface area contributed by atoms with Crippen molar-refractivity contribution in [2.24, 2.45) is 5.73 Å². The Morgan fingerprint density at radius 2 is 1.92 bits per heavy atom. The number of nitrogens with two attached hydrogens (primary N) is 1. The molecule has 0 radical (unpaired) electrons. The van der Waals surface area contributed by atoms with Gasteiger partial charge in [-0.15, -0.1) is 0 Å². The van der Waals surface area contributed by atoms with E-state index in [9.17, 15) is 5.11 Å². The summed E-state index contributed by atoms with van der Waals surface area (Å²) in [6.45, 7) is 2.35. The molecule has 1 aromatic rings. The molecule has 4 heteroatoms. The molecular formula is C9H12ClNO2. The van der Waals surface area contributed by atoms with E-state index >= 15 is 0 Å². The van der Waals surface area contributed by atoms with Crippen LogP contribution in [0.4, 0.5) is 0 Å². The molecule has 0 saturated carbocycles. The van der Waals surface area contributed by atoms with Crippen LogP contribution in [0.2, 0.25) is 5.02 Å². The summed E-state index contributed by atoms with van der Waals surface area (Å²) < 4.78 is 0. The summed E-state index contributed by atoms with van der Waals surface area (Å²) in [7, 11) is 0. The molecule has 0 aliphatic carbocycles. The number of rotatable bonds is 2. The monoisotopic (exact) mass is 201 g/mol. The van der Waals surface area contributed by atoms with Gasteiger partial charge in [-0.1, -0.05) is 18.5 Å². The first-order valence-electron chi connectivity index (χ1n) is 3.97. The zero-order valence-electron chi connectivity index (χ0n) is 7.29. The van der Waals surface area contributed by atoms with Crippen molar-refractivity contribution < 1.29 is 10.2 Å². The summed E-state index contributed by atoms with van der Waals surface area (Å²) in [6.07, 6.45) is 0. The zero-order valence-corrected chi connectivity index (χ0v) is 8.04. The Morgan fingerprint density at radius 3 is 2.46 bits per heavy atom. The highest BCUT2D eigenvalue weighted by molar-refractivity contribution is 6.31. The largest absolute Gasteiger partial charge is 0.504 e. The summed E-state index contributed by atoms with van der Waals surface area (Å²) in [5.74, 6) is -0.309. The van der Waals surface area contributed by atoms with Crippen molar-refractivity contribution in [2.45, 2.75) is 12.8 Å². The number of hydrogen-bond donors (Lipinski definition) is 3. The van der Waals surface area contributed by atoms with Crippen LogP contribution in [0.5, 0.6) is 11.5 Å². The van der Waals surface area contributed by atoms with E-state index in [1.54, 1.807) is 0 Å². The molecule has 0 fully saturated rings. The summed E-state index contributed by atoms with van der Waals surface area (Å²) in [4.78, 5) is 0. The predicted octanol–water partition coefficient (Wildman–Crippen LogP) is 1.81. The highest BCUT2D eigenvalue weighted by Gasteiger charge is 2.11. The average molecular weight is 202 g/mol. The Morgan fingerprint density at radius 1 is 1.38 bits per heavy atom. The number of halogens is 1. The van der Waals surface area contributed by atoms with Crippen LogP contribution in [0.1, 0.15) is 18.4 Å². The molecule has 13 heavy (non-hydrogen) atoms. The lowest BCUT2D eigenvalue weighted by atomic mass is 10.0. The lowest BCUT2D eigenvalue weighted by Crippen LogP contribution is -2.09. The second kappa shape index (κ2) is 3.85. The molecule has 0 aliphatic rings. The minimum Gasteiger partial charge on any atom is -0.504 e. The van der Waals surface area contributed by atoms with Crippen LogP contribution in [0, 0.1) is 0 Å². The summed E-state index contributed by atoms with van der Waals surface area (Å²) in [5, 5.41) is 18.8. The summed E-state index contributed by atoms with van der Waals surface area (Å²) in [5.41, 5.74) is 6.21. The van der Waals surface area contributed by atoms with Crippen molar-refractivity contribution in [1.82, 2.24) is 0 Å². The van der Waals surface area contributed by atoms with Crippen molar-refractivity contribution >= 4 is 11.6 Å². The second-order valence-electron chi connectivity index (χ2n) is 3.00. The van der Waals surface area contributed by atoms with Crippen LogP contribution >= 0.6 is 11.6 Å². The number of hydrogen-bond acceptors (Lipinski definition) is 3. The van der Waals surface area contributed by atoms with E-state index in [1.807, 2.05) is 6.92 Å². The van der Waals surface area contributed by atoms with Gasteiger partial charge in [0.2, 0.25) is 0 Å². The molecule has 3 nitrogen and oxygen atoms in total. The zero-order chi connectivity index (χ0) is 10.0. The van der Waals surface area contributed by atoms with Gasteiger partial charge in [-0.3, -0.25) is 0 Å². The van der Waals surface area contributed by atoms with Crippen molar-refractivity contribution in [2.75, 3.05) is 6.54 Å². The van der Waals surface area contributed by atoms with E-state index in [0.29, 0.717) is 11.6 Å². The maximum atomic E-state index is 9.22. The number of aromatic hydroxyl groups is 2. The Hall–Kier alpha value is -0.930. The summed E-state index contributed by atoms with van der Waals surface area (Å²) in [6, 6.07) is 2.76. The molecule has 1 rings (SSSR count). The molecular weight excluding hydrogens is 190 g/mol. The van der Waals surface area contributed by atoms with Crippen LogP contribution in [0.3, 0.4) is 0 Å². The van der Waals surface area contributed by atoms with Gasteiger partial charge >= 0.3 is 0 Å². The second-order valence-corrected chi connectivity index (χ2v) is 3.41. The highest BCUT2D eigenvalue weighted by Crippen LogP contribution is 2.34. The van der Waals surface area contributed by atoms with E-state index < -0.39 is 0 Å². The first kappa shape index (κ1) is 10.2. The van der Waals surface area contributed by atoms with Gasteiger partial charge in [0.25, 0.3) is 0 Å². The van der Waals surface area contributed by atoms with Gasteiger partial charge in [0.15, 0.2) is 11.5 Å². The van der Waals surface area contributed by atoms with Gasteiger partial charge in [-0.25, -0.2) is 0 Å². The van der Waals surface area contributed by atoms with Crippen LogP contribution in [0.15, 0.2) is 12.1 Å². The molecule has 4 N–H and O–H groups in total. The van der Waals surface area contributed by atoms with Crippen LogP contribution in [0.25, 0.3) is 0 Å². The van der Waals surface area contributed by atoms with Gasteiger partial charge < -0.3 is 15.9 Å². The fourth-order valence-corrected chi connectivity index (χ4v) is 1.42. The van der Waals surface area contributed by atoms with E-state index in [1.165, 1.54) is 12.1 Å². The third-order valence-corrected chi connectivity index (χ3v) is 2.31. The Balaban J connectivity index is 3.15.